The number of hydrogen-bond acceptors (Lipinski definition) is 6. The first kappa shape index (κ1) is 24.6. The number of nitrogen functional groups attached to an aromatic ring is 1. The summed E-state index contributed by atoms with van der Waals surface area (Å²) in [5, 5.41) is 10.7. The molecule has 0 aliphatic carbocycles. The predicted octanol–water partition coefficient (Wildman–Crippen LogP) is 1.54. The van der Waals surface area contributed by atoms with Gasteiger partial charge in [-0.15, -0.1) is 0 Å². The van der Waals surface area contributed by atoms with Crippen LogP contribution in [0.3, 0.4) is 0 Å². The molecule has 0 aromatic heterocycles. The smallest absolute Gasteiger partial charge is 0.317 e. The minimum Gasteiger partial charge on any atom is -0.480 e. The van der Waals surface area contributed by atoms with E-state index in [1.165, 1.54) is 6.07 Å². The number of nitrogens with zero attached hydrogens (tertiary/aromatic N) is 2. The summed E-state index contributed by atoms with van der Waals surface area (Å²) in [5.74, 6) is -1.28. The maximum Gasteiger partial charge on any atom is 0.317 e. The summed E-state index contributed by atoms with van der Waals surface area (Å²) in [6, 6.07) is 18.3. The van der Waals surface area contributed by atoms with Crippen molar-refractivity contribution in [1.82, 2.24) is 14.5 Å². The number of carbonyl (C=O) groups is 2. The highest BCUT2D eigenvalue weighted by molar-refractivity contribution is 7.89. The molecule has 1 aliphatic heterocycles. The van der Waals surface area contributed by atoms with Crippen molar-refractivity contribution in [1.29, 1.82) is 0 Å². The molecule has 0 bridgehead atoms. The summed E-state index contributed by atoms with van der Waals surface area (Å²) in [4.78, 5) is 27.9. The van der Waals surface area contributed by atoms with Crippen molar-refractivity contribution >= 4 is 38.4 Å². The molecule has 0 unspecified atom stereocenters. The number of rotatable bonds is 8. The van der Waals surface area contributed by atoms with Gasteiger partial charge >= 0.3 is 5.97 Å². The van der Waals surface area contributed by atoms with Gasteiger partial charge in [-0.05, 0) is 47.0 Å². The van der Waals surface area contributed by atoms with Crippen LogP contribution in [0.15, 0.2) is 71.6 Å². The molecule has 3 aromatic carbocycles. The molecule has 0 spiro atoms. The second kappa shape index (κ2) is 10.4. The van der Waals surface area contributed by atoms with E-state index in [1.54, 1.807) is 46.2 Å². The normalized spacial score (nSPS) is 15.7. The predicted molar refractivity (Wildman–Crippen MR) is 133 cm³/mol. The van der Waals surface area contributed by atoms with E-state index in [1.807, 2.05) is 24.3 Å². The van der Waals surface area contributed by atoms with Crippen LogP contribution in [0, 0.1) is 0 Å². The lowest BCUT2D eigenvalue weighted by Crippen LogP contribution is -2.56. The quantitative estimate of drug-likeness (QED) is 0.403. The summed E-state index contributed by atoms with van der Waals surface area (Å²) in [6.45, 7) is 1.35. The SMILES string of the molecule is Nc1cccc(C[C@H](NS(=O)(=O)c2ccc3ccccc3c2)C(=O)N2CCN(CC(=O)O)CC2)c1. The summed E-state index contributed by atoms with van der Waals surface area (Å²) in [7, 11) is -4.01. The molecule has 4 rings (SSSR count). The molecule has 0 radical (unpaired) electrons. The fourth-order valence-corrected chi connectivity index (χ4v) is 5.49. The van der Waals surface area contributed by atoms with Crippen molar-refractivity contribution < 1.29 is 23.1 Å². The second-order valence-electron chi connectivity index (χ2n) is 8.63. The number of carbonyl (C=O) groups excluding carboxylic acids is 1. The molecule has 1 aliphatic rings. The molecule has 184 valence electrons. The van der Waals surface area contributed by atoms with Crippen LogP contribution in [0.2, 0.25) is 0 Å². The van der Waals surface area contributed by atoms with E-state index in [0.717, 1.165) is 16.3 Å². The number of anilines is 1. The molecule has 1 atom stereocenters. The first-order valence-electron chi connectivity index (χ1n) is 11.3. The highest BCUT2D eigenvalue weighted by atomic mass is 32.2. The van der Waals surface area contributed by atoms with Crippen molar-refractivity contribution in [3.05, 3.63) is 72.3 Å². The lowest BCUT2D eigenvalue weighted by atomic mass is 10.0. The van der Waals surface area contributed by atoms with Crippen LogP contribution in [-0.4, -0.2) is 74.0 Å². The maximum absolute atomic E-state index is 13.5. The summed E-state index contributed by atoms with van der Waals surface area (Å²) in [6.07, 6.45) is 0.131. The minimum absolute atomic E-state index is 0.0767. The number of amides is 1. The number of nitrogens with two attached hydrogens (primary N) is 1. The molecular formula is C25H28N4O5S. The highest BCUT2D eigenvalue weighted by Crippen LogP contribution is 2.20. The van der Waals surface area contributed by atoms with Gasteiger partial charge in [0.1, 0.15) is 6.04 Å². The van der Waals surface area contributed by atoms with Crippen LogP contribution in [0.1, 0.15) is 5.56 Å². The number of nitrogens with one attached hydrogen (secondary N) is 1. The van der Waals surface area contributed by atoms with Gasteiger partial charge in [-0.3, -0.25) is 14.5 Å². The van der Waals surface area contributed by atoms with Crippen molar-refractivity contribution in [2.24, 2.45) is 0 Å². The topological polar surface area (TPSA) is 133 Å². The average molecular weight is 497 g/mol. The Morgan fingerprint density at radius 3 is 2.34 bits per heavy atom. The van der Waals surface area contributed by atoms with E-state index >= 15 is 0 Å². The molecule has 10 heteroatoms. The van der Waals surface area contributed by atoms with E-state index < -0.39 is 22.0 Å². The van der Waals surface area contributed by atoms with E-state index in [9.17, 15) is 18.0 Å². The number of carboxylic acids is 1. The Hall–Kier alpha value is -3.47. The standard InChI is InChI=1S/C25H28N4O5S/c26-21-7-3-4-18(14-21)15-23(25(32)29-12-10-28(11-13-29)17-24(30)31)27-35(33,34)22-9-8-19-5-1-2-6-20(19)16-22/h1-9,14,16,23,27H,10-13,15,17,26H2,(H,30,31)/t23-/m0/s1. The Morgan fingerprint density at radius 1 is 0.943 bits per heavy atom. The number of hydrogen-bond donors (Lipinski definition) is 3. The molecule has 4 N–H and O–H groups in total. The van der Waals surface area contributed by atoms with Crippen LogP contribution in [0.25, 0.3) is 10.8 Å². The van der Waals surface area contributed by atoms with E-state index in [4.69, 9.17) is 10.8 Å². The number of carboxylic acid groups (broad SMARTS) is 1. The van der Waals surface area contributed by atoms with Gasteiger partial charge in [-0.1, -0.05) is 42.5 Å². The van der Waals surface area contributed by atoms with Gasteiger partial charge < -0.3 is 15.7 Å². The van der Waals surface area contributed by atoms with Crippen molar-refractivity contribution in [2.75, 3.05) is 38.5 Å². The van der Waals surface area contributed by atoms with Crippen LogP contribution in [0.4, 0.5) is 5.69 Å². The van der Waals surface area contributed by atoms with E-state index in [0.29, 0.717) is 31.9 Å². The van der Waals surface area contributed by atoms with Gasteiger partial charge in [0.2, 0.25) is 15.9 Å². The van der Waals surface area contributed by atoms with Crippen molar-refractivity contribution in [3.63, 3.8) is 0 Å². The minimum atomic E-state index is -4.01. The summed E-state index contributed by atoms with van der Waals surface area (Å²) < 4.78 is 29.3. The summed E-state index contributed by atoms with van der Waals surface area (Å²) >= 11 is 0. The van der Waals surface area contributed by atoms with Crippen LogP contribution >= 0.6 is 0 Å². The Labute approximate surface area is 204 Å². The van der Waals surface area contributed by atoms with Gasteiger partial charge in [0.25, 0.3) is 0 Å². The van der Waals surface area contributed by atoms with Crippen LogP contribution in [0.5, 0.6) is 0 Å². The number of benzene rings is 3. The van der Waals surface area contributed by atoms with Crippen LogP contribution in [-0.2, 0) is 26.0 Å². The Morgan fingerprint density at radius 2 is 1.66 bits per heavy atom. The van der Waals surface area contributed by atoms with Crippen molar-refractivity contribution in [2.45, 2.75) is 17.4 Å². The lowest BCUT2D eigenvalue weighted by Gasteiger charge is -2.35. The molecule has 1 heterocycles. The lowest BCUT2D eigenvalue weighted by molar-refractivity contribution is -0.139. The molecule has 1 amide bonds. The number of piperazine rings is 1. The number of fused-ring (bicyclic) bond motifs is 1. The monoisotopic (exact) mass is 496 g/mol. The average Bonchev–Trinajstić information content (AvgIpc) is 2.83. The Balaban J connectivity index is 1.57. The third-order valence-electron chi connectivity index (χ3n) is 6.06. The third kappa shape index (κ3) is 6.16. The molecular weight excluding hydrogens is 468 g/mol. The summed E-state index contributed by atoms with van der Waals surface area (Å²) in [5.41, 5.74) is 7.14. The maximum atomic E-state index is 13.5. The van der Waals surface area contributed by atoms with Gasteiger partial charge in [-0.25, -0.2) is 8.42 Å². The zero-order valence-electron chi connectivity index (χ0n) is 19.1. The van der Waals surface area contributed by atoms with Gasteiger partial charge in [0.15, 0.2) is 0 Å². The van der Waals surface area contributed by atoms with Gasteiger partial charge in [0.05, 0.1) is 11.4 Å². The molecule has 35 heavy (non-hydrogen) atoms. The Bertz CT molecular complexity index is 1340. The first-order chi connectivity index (χ1) is 16.7. The van der Waals surface area contributed by atoms with Crippen LogP contribution < -0.4 is 10.5 Å². The number of sulfonamides is 1. The fourth-order valence-electron chi connectivity index (χ4n) is 4.26. The van der Waals surface area contributed by atoms with E-state index in [-0.39, 0.29) is 23.8 Å². The molecule has 9 nitrogen and oxygen atoms in total. The molecule has 1 saturated heterocycles. The zero-order chi connectivity index (χ0) is 25.0. The van der Waals surface area contributed by atoms with Crippen molar-refractivity contribution in [3.8, 4) is 0 Å². The third-order valence-corrected chi connectivity index (χ3v) is 7.53. The van der Waals surface area contributed by atoms with E-state index in [2.05, 4.69) is 4.72 Å². The highest BCUT2D eigenvalue weighted by Gasteiger charge is 2.31. The molecule has 1 fully saturated rings. The Kier molecular flexibility index (Phi) is 7.34. The second-order valence-corrected chi connectivity index (χ2v) is 10.3. The fraction of sp³-hybridized carbons (Fsp3) is 0.280. The van der Waals surface area contributed by atoms with Gasteiger partial charge in [0, 0.05) is 31.9 Å². The largest absolute Gasteiger partial charge is 0.480 e. The zero-order valence-corrected chi connectivity index (χ0v) is 19.9. The molecule has 0 saturated carbocycles. The molecule has 3 aromatic rings. The van der Waals surface area contributed by atoms with Gasteiger partial charge in [-0.2, -0.15) is 4.72 Å². The number of aliphatic carboxylic acids is 1. The first-order valence-corrected chi connectivity index (χ1v) is 12.8.